The summed E-state index contributed by atoms with van der Waals surface area (Å²) in [7, 11) is 0. The summed E-state index contributed by atoms with van der Waals surface area (Å²) in [5, 5.41) is 7.71. The van der Waals surface area contributed by atoms with Crippen molar-refractivity contribution in [2.75, 3.05) is 4.90 Å². The van der Waals surface area contributed by atoms with Crippen molar-refractivity contribution in [2.45, 2.75) is 42.9 Å². The van der Waals surface area contributed by atoms with Crippen LogP contribution in [0.1, 0.15) is 65.5 Å². The Bertz CT molecular complexity index is 3820. The van der Waals surface area contributed by atoms with E-state index in [0.717, 1.165) is 12.8 Å². The molecule has 320 valence electrons. The Hall–Kier alpha value is -8.00. The van der Waals surface area contributed by atoms with Gasteiger partial charge in [-0.25, -0.2) is 0 Å². The first-order valence-electron chi connectivity index (χ1n) is 24.6. The molecule has 0 unspecified atom stereocenters. The molecule has 0 atom stereocenters. The van der Waals surface area contributed by atoms with Crippen LogP contribution in [-0.4, -0.2) is 0 Å². The molecule has 0 bridgehead atoms. The Kier molecular flexibility index (Phi) is 8.00. The third-order valence-electron chi connectivity index (χ3n) is 16.6. The fraction of sp³-hybridized carbons (Fsp3) is 0.104. The molecule has 0 radical (unpaired) electrons. The standard InChI is InChI=1S/C67H47N/c1-3-20-43(21-4-1)55-41-57-53-29-12-16-34-61(53)67(59-32-14-10-26-50(59)51-27-11-15-33-60(51)67)62(57)42-64(55)68(44-36-37-49-47-24-6-5-22-45(47)46-23-7-8-25-48(46)56(49)40-44)63-35-19-30-54-52-28-9-13-31-58(52)66(65(54)63)38-17-2-18-39-66/h1,3-16,19-37,40-42H,2,17-18,38-39H2. The van der Waals surface area contributed by atoms with Crippen LogP contribution < -0.4 is 4.90 Å². The number of rotatable bonds is 4. The van der Waals surface area contributed by atoms with E-state index >= 15 is 0 Å². The van der Waals surface area contributed by atoms with Gasteiger partial charge in [0.25, 0.3) is 0 Å². The summed E-state index contributed by atoms with van der Waals surface area (Å²) < 4.78 is 0. The fourth-order valence-corrected chi connectivity index (χ4v) is 14.0. The van der Waals surface area contributed by atoms with E-state index in [1.54, 1.807) is 0 Å². The van der Waals surface area contributed by atoms with Gasteiger partial charge < -0.3 is 4.90 Å². The van der Waals surface area contributed by atoms with Crippen molar-refractivity contribution in [1.82, 2.24) is 0 Å². The predicted molar refractivity (Wildman–Crippen MR) is 285 cm³/mol. The van der Waals surface area contributed by atoms with Gasteiger partial charge in [-0.3, -0.25) is 0 Å². The molecule has 0 heterocycles. The molecule has 4 aliphatic carbocycles. The molecule has 0 aliphatic heterocycles. The lowest BCUT2D eigenvalue weighted by Gasteiger charge is -2.40. The second-order valence-electron chi connectivity index (χ2n) is 19.7. The lowest BCUT2D eigenvalue weighted by molar-refractivity contribution is 0.353. The Balaban J connectivity index is 1.10. The van der Waals surface area contributed by atoms with E-state index in [9.17, 15) is 0 Å². The number of hydrogen-bond donors (Lipinski definition) is 0. The molecule has 68 heavy (non-hydrogen) atoms. The quantitative estimate of drug-likeness (QED) is 0.159. The van der Waals surface area contributed by atoms with Gasteiger partial charge in [-0.05, 0) is 148 Å². The minimum Gasteiger partial charge on any atom is -0.310 e. The lowest BCUT2D eigenvalue weighted by Crippen LogP contribution is -2.30. The average molecular weight is 866 g/mol. The van der Waals surface area contributed by atoms with E-state index in [4.69, 9.17) is 0 Å². The summed E-state index contributed by atoms with van der Waals surface area (Å²) in [5.74, 6) is 0. The first-order chi connectivity index (χ1) is 33.7. The SMILES string of the molecule is c1ccc(-c2cc3c(cc2N(c2ccc4c5ccccc5c5ccccc5c4c2)c2cccc4c2C2(CCCCC2)c2ccccc2-4)C2(c4ccccc4-c4ccccc42)c2ccccc2-3)cc1. The van der Waals surface area contributed by atoms with Crippen LogP contribution >= 0.6 is 0 Å². The monoisotopic (exact) mass is 865 g/mol. The first-order valence-corrected chi connectivity index (χ1v) is 24.6. The topological polar surface area (TPSA) is 3.24 Å². The molecule has 15 rings (SSSR count). The van der Waals surface area contributed by atoms with E-state index in [-0.39, 0.29) is 5.41 Å². The van der Waals surface area contributed by atoms with Crippen molar-refractivity contribution >= 4 is 49.4 Å². The fourth-order valence-electron chi connectivity index (χ4n) is 14.0. The maximum atomic E-state index is 2.70. The highest BCUT2D eigenvalue weighted by Gasteiger charge is 2.52. The molecule has 11 aromatic carbocycles. The van der Waals surface area contributed by atoms with E-state index < -0.39 is 5.41 Å². The molecular formula is C67H47N. The highest BCUT2D eigenvalue weighted by molar-refractivity contribution is 6.26. The van der Waals surface area contributed by atoms with Crippen LogP contribution in [0.2, 0.25) is 0 Å². The zero-order chi connectivity index (χ0) is 44.6. The van der Waals surface area contributed by atoms with Crippen molar-refractivity contribution in [1.29, 1.82) is 0 Å². The number of fused-ring (bicyclic) bond motifs is 21. The zero-order valence-electron chi connectivity index (χ0n) is 37.8. The van der Waals surface area contributed by atoms with Crippen molar-refractivity contribution in [3.63, 3.8) is 0 Å². The second kappa shape index (κ2) is 14.3. The summed E-state index contributed by atoms with van der Waals surface area (Å²) in [5.41, 5.74) is 22.0. The largest absolute Gasteiger partial charge is 0.310 e. The molecule has 0 N–H and O–H groups in total. The zero-order valence-corrected chi connectivity index (χ0v) is 37.8. The molecule has 2 spiro atoms. The van der Waals surface area contributed by atoms with Crippen LogP contribution in [0.3, 0.4) is 0 Å². The summed E-state index contributed by atoms with van der Waals surface area (Å²) in [4.78, 5) is 2.70. The highest BCUT2D eigenvalue weighted by atomic mass is 15.2. The van der Waals surface area contributed by atoms with Gasteiger partial charge in [0.2, 0.25) is 0 Å². The molecule has 0 aromatic heterocycles. The maximum Gasteiger partial charge on any atom is 0.0726 e. The van der Waals surface area contributed by atoms with Crippen molar-refractivity contribution < 1.29 is 0 Å². The Labute approximate surface area is 397 Å². The smallest absolute Gasteiger partial charge is 0.0726 e. The van der Waals surface area contributed by atoms with Gasteiger partial charge in [-0.15, -0.1) is 0 Å². The Morgan fingerprint density at radius 3 is 1.40 bits per heavy atom. The van der Waals surface area contributed by atoms with Crippen LogP contribution in [0.4, 0.5) is 17.1 Å². The lowest BCUT2D eigenvalue weighted by atomic mass is 9.67. The average Bonchev–Trinajstić information content (AvgIpc) is 3.98. The van der Waals surface area contributed by atoms with E-state index in [2.05, 4.69) is 229 Å². The van der Waals surface area contributed by atoms with Gasteiger partial charge in [0, 0.05) is 16.7 Å². The van der Waals surface area contributed by atoms with Gasteiger partial charge in [0.05, 0.1) is 16.8 Å². The number of hydrogen-bond acceptors (Lipinski definition) is 1. The summed E-state index contributed by atoms with van der Waals surface area (Å²) in [6.07, 6.45) is 6.04. The van der Waals surface area contributed by atoms with Crippen LogP contribution in [0.15, 0.2) is 224 Å². The number of anilines is 3. The van der Waals surface area contributed by atoms with E-state index in [0.29, 0.717) is 0 Å². The Morgan fingerprint density at radius 2 is 0.779 bits per heavy atom. The Morgan fingerprint density at radius 1 is 0.294 bits per heavy atom. The molecule has 1 heteroatoms. The van der Waals surface area contributed by atoms with Gasteiger partial charge in [-0.2, -0.15) is 0 Å². The minimum atomic E-state index is -0.493. The maximum absolute atomic E-state index is 2.70. The van der Waals surface area contributed by atoms with Crippen LogP contribution in [0, 0.1) is 0 Å². The van der Waals surface area contributed by atoms with Crippen LogP contribution in [-0.2, 0) is 10.8 Å². The molecule has 1 nitrogen and oxygen atoms in total. The van der Waals surface area contributed by atoms with Crippen molar-refractivity contribution in [3.05, 3.63) is 258 Å². The molecule has 0 saturated heterocycles. The molecule has 1 saturated carbocycles. The molecule has 4 aliphatic rings. The van der Waals surface area contributed by atoms with Gasteiger partial charge in [-0.1, -0.05) is 213 Å². The van der Waals surface area contributed by atoms with E-state index in [1.165, 1.54) is 147 Å². The molecule has 1 fully saturated rings. The van der Waals surface area contributed by atoms with Crippen LogP contribution in [0.25, 0.3) is 76.8 Å². The molecule has 11 aromatic rings. The minimum absolute atomic E-state index is 0.0802. The number of nitrogens with zero attached hydrogens (tertiary/aromatic N) is 1. The van der Waals surface area contributed by atoms with Crippen molar-refractivity contribution in [3.8, 4) is 44.5 Å². The normalized spacial score (nSPS) is 15.3. The van der Waals surface area contributed by atoms with E-state index in [1.807, 2.05) is 0 Å². The summed E-state index contributed by atoms with van der Waals surface area (Å²) >= 11 is 0. The highest BCUT2D eigenvalue weighted by Crippen LogP contribution is 2.65. The van der Waals surface area contributed by atoms with Gasteiger partial charge in [0.1, 0.15) is 0 Å². The van der Waals surface area contributed by atoms with Crippen molar-refractivity contribution in [2.24, 2.45) is 0 Å². The number of benzene rings is 11. The first kappa shape index (κ1) is 38.1. The van der Waals surface area contributed by atoms with Gasteiger partial charge in [0.15, 0.2) is 0 Å². The second-order valence-corrected chi connectivity index (χ2v) is 19.7. The summed E-state index contributed by atoms with van der Waals surface area (Å²) in [6.45, 7) is 0. The third kappa shape index (κ3) is 4.96. The molecule has 0 amide bonds. The molecular weight excluding hydrogens is 819 g/mol. The third-order valence-corrected chi connectivity index (χ3v) is 16.6. The van der Waals surface area contributed by atoms with Crippen LogP contribution in [0.5, 0.6) is 0 Å². The summed E-state index contributed by atoms with van der Waals surface area (Å²) in [6, 6.07) is 85.9. The predicted octanol–water partition coefficient (Wildman–Crippen LogP) is 17.9. The van der Waals surface area contributed by atoms with Gasteiger partial charge >= 0.3 is 0 Å².